The number of hydrogen-bond acceptors (Lipinski definition) is 5. The van der Waals surface area contributed by atoms with E-state index in [9.17, 15) is 4.79 Å². The van der Waals surface area contributed by atoms with Crippen molar-refractivity contribution in [1.82, 2.24) is 19.8 Å². The largest absolute Gasteiger partial charge is 0.355 e. The van der Waals surface area contributed by atoms with E-state index in [2.05, 4.69) is 24.7 Å². The number of piperidine rings is 1. The van der Waals surface area contributed by atoms with Gasteiger partial charge in [0.15, 0.2) is 0 Å². The summed E-state index contributed by atoms with van der Waals surface area (Å²) >= 11 is 0. The molecule has 1 aromatic heterocycles. The molecule has 0 N–H and O–H groups in total. The lowest BCUT2D eigenvalue weighted by atomic mass is 9.95. The number of hydrogen-bond donors (Lipinski definition) is 0. The van der Waals surface area contributed by atoms with Gasteiger partial charge >= 0.3 is 0 Å². The minimum Gasteiger partial charge on any atom is -0.355 e. The number of amides is 1. The highest BCUT2D eigenvalue weighted by Crippen LogP contribution is 2.27. The van der Waals surface area contributed by atoms with E-state index in [1.54, 1.807) is 12.4 Å². The molecule has 1 atom stereocenters. The Balaban J connectivity index is 1.32. The van der Waals surface area contributed by atoms with Crippen LogP contribution in [0.1, 0.15) is 38.5 Å². The van der Waals surface area contributed by atoms with E-state index in [1.165, 1.54) is 38.8 Å². The molecule has 0 radical (unpaired) electrons. The van der Waals surface area contributed by atoms with Crippen molar-refractivity contribution in [3.05, 3.63) is 18.6 Å². The van der Waals surface area contributed by atoms with Gasteiger partial charge in [0.05, 0.1) is 6.20 Å². The highest BCUT2D eigenvalue weighted by molar-refractivity contribution is 5.79. The van der Waals surface area contributed by atoms with Crippen molar-refractivity contribution in [3.63, 3.8) is 0 Å². The van der Waals surface area contributed by atoms with Crippen LogP contribution in [0.3, 0.4) is 0 Å². The Morgan fingerprint density at radius 2 is 1.80 bits per heavy atom. The van der Waals surface area contributed by atoms with Crippen LogP contribution in [0.5, 0.6) is 0 Å². The van der Waals surface area contributed by atoms with Crippen LogP contribution < -0.4 is 4.90 Å². The molecule has 0 unspecified atom stereocenters. The molecule has 0 spiro atoms. The maximum Gasteiger partial charge on any atom is 0.226 e. The van der Waals surface area contributed by atoms with Gasteiger partial charge in [0.1, 0.15) is 5.82 Å². The maximum atomic E-state index is 13.1. The van der Waals surface area contributed by atoms with E-state index in [1.807, 2.05) is 6.20 Å². The Bertz CT molecular complexity index is 566. The summed E-state index contributed by atoms with van der Waals surface area (Å²) in [6.45, 7) is 6.29. The first-order chi connectivity index (χ1) is 12.3. The van der Waals surface area contributed by atoms with Crippen LogP contribution in [0.25, 0.3) is 0 Å². The molecule has 6 nitrogen and oxygen atoms in total. The second-order valence-corrected chi connectivity index (χ2v) is 7.66. The van der Waals surface area contributed by atoms with Crippen molar-refractivity contribution in [1.29, 1.82) is 0 Å². The third kappa shape index (κ3) is 3.78. The second kappa shape index (κ2) is 7.68. The first kappa shape index (κ1) is 16.8. The molecule has 4 rings (SSSR count). The highest BCUT2D eigenvalue weighted by atomic mass is 16.2. The van der Waals surface area contributed by atoms with Crippen LogP contribution in [-0.4, -0.2) is 71.0 Å². The fourth-order valence-corrected chi connectivity index (χ4v) is 4.62. The summed E-state index contributed by atoms with van der Waals surface area (Å²) in [6, 6.07) is 0.448. The minimum atomic E-state index is 0.187. The van der Waals surface area contributed by atoms with Crippen molar-refractivity contribution >= 4 is 11.7 Å². The number of rotatable bonds is 4. The fraction of sp³-hybridized carbons (Fsp3) is 0.737. The van der Waals surface area contributed by atoms with E-state index >= 15 is 0 Å². The van der Waals surface area contributed by atoms with E-state index in [0.29, 0.717) is 11.9 Å². The van der Waals surface area contributed by atoms with Gasteiger partial charge in [-0.15, -0.1) is 0 Å². The van der Waals surface area contributed by atoms with E-state index in [4.69, 9.17) is 0 Å². The standard InChI is InChI=1S/C19H29N5O/c25-19(24-11-3-4-17(24)15-22-9-1-2-10-22)16-5-12-23(13-6-16)18-14-20-7-8-21-18/h7-8,14,16-17H,1-6,9-13,15H2/t17-/m0/s1. The van der Waals surface area contributed by atoms with Crippen LogP contribution in [0.15, 0.2) is 18.6 Å². The number of aromatic nitrogens is 2. The molecule has 3 aliphatic rings. The first-order valence-corrected chi connectivity index (χ1v) is 9.85. The highest BCUT2D eigenvalue weighted by Gasteiger charge is 2.35. The predicted molar refractivity (Wildman–Crippen MR) is 97.4 cm³/mol. The predicted octanol–water partition coefficient (Wildman–Crippen LogP) is 1.78. The zero-order chi connectivity index (χ0) is 17.1. The molecule has 1 aromatic rings. The molecule has 4 heterocycles. The molecule has 6 heteroatoms. The van der Waals surface area contributed by atoms with Crippen molar-refractivity contribution in [3.8, 4) is 0 Å². The van der Waals surface area contributed by atoms with Crippen molar-refractivity contribution < 1.29 is 4.79 Å². The molecular formula is C19H29N5O. The third-order valence-corrected chi connectivity index (χ3v) is 6.05. The number of likely N-dealkylation sites (tertiary alicyclic amines) is 2. The average Bonchev–Trinajstić information content (AvgIpc) is 3.34. The Kier molecular flexibility index (Phi) is 5.15. The lowest BCUT2D eigenvalue weighted by molar-refractivity contribution is -0.137. The van der Waals surface area contributed by atoms with Gasteiger partial charge in [0.2, 0.25) is 5.91 Å². The molecule has 1 amide bonds. The van der Waals surface area contributed by atoms with Crippen LogP contribution in [0.2, 0.25) is 0 Å². The van der Waals surface area contributed by atoms with E-state index in [-0.39, 0.29) is 5.92 Å². The van der Waals surface area contributed by atoms with Crippen LogP contribution in [0, 0.1) is 5.92 Å². The Labute approximate surface area is 150 Å². The van der Waals surface area contributed by atoms with Crippen molar-refractivity contribution in [2.24, 2.45) is 5.92 Å². The number of nitrogens with zero attached hydrogens (tertiary/aromatic N) is 5. The Morgan fingerprint density at radius 3 is 2.52 bits per heavy atom. The van der Waals surface area contributed by atoms with Gasteiger partial charge in [-0.25, -0.2) is 4.98 Å². The zero-order valence-electron chi connectivity index (χ0n) is 15.0. The van der Waals surface area contributed by atoms with Crippen molar-refractivity contribution in [2.45, 2.75) is 44.6 Å². The molecule has 0 bridgehead atoms. The lowest BCUT2D eigenvalue weighted by Crippen LogP contribution is -2.47. The van der Waals surface area contributed by atoms with Gasteiger partial charge < -0.3 is 14.7 Å². The quantitative estimate of drug-likeness (QED) is 0.834. The van der Waals surface area contributed by atoms with Gasteiger partial charge in [0.25, 0.3) is 0 Å². The summed E-state index contributed by atoms with van der Waals surface area (Å²) < 4.78 is 0. The third-order valence-electron chi connectivity index (χ3n) is 6.05. The smallest absolute Gasteiger partial charge is 0.226 e. The summed E-state index contributed by atoms with van der Waals surface area (Å²) in [5, 5.41) is 0. The van der Waals surface area contributed by atoms with Crippen molar-refractivity contribution in [2.75, 3.05) is 44.2 Å². The SMILES string of the molecule is O=C(C1CCN(c2cnccn2)CC1)N1CCC[C@H]1CN1CCCC1. The Morgan fingerprint density at radius 1 is 1.00 bits per heavy atom. The summed E-state index contributed by atoms with van der Waals surface area (Å²) in [5.41, 5.74) is 0. The topological polar surface area (TPSA) is 52.6 Å². The van der Waals surface area contributed by atoms with Crippen LogP contribution >= 0.6 is 0 Å². The molecule has 0 aliphatic carbocycles. The zero-order valence-corrected chi connectivity index (χ0v) is 15.0. The average molecular weight is 343 g/mol. The van der Waals surface area contributed by atoms with Crippen LogP contribution in [-0.2, 0) is 4.79 Å². The summed E-state index contributed by atoms with van der Waals surface area (Å²) in [4.78, 5) is 28.6. The van der Waals surface area contributed by atoms with E-state index < -0.39 is 0 Å². The molecule has 3 saturated heterocycles. The molecular weight excluding hydrogens is 314 g/mol. The number of carbonyl (C=O) groups is 1. The number of anilines is 1. The molecule has 0 saturated carbocycles. The van der Waals surface area contributed by atoms with Gasteiger partial charge in [-0.3, -0.25) is 9.78 Å². The molecule has 3 aliphatic heterocycles. The van der Waals surface area contributed by atoms with Crippen LogP contribution in [0.4, 0.5) is 5.82 Å². The van der Waals surface area contributed by atoms with E-state index in [0.717, 1.165) is 44.8 Å². The first-order valence-electron chi connectivity index (χ1n) is 9.85. The monoisotopic (exact) mass is 343 g/mol. The molecule has 0 aromatic carbocycles. The molecule has 136 valence electrons. The fourth-order valence-electron chi connectivity index (χ4n) is 4.62. The molecule has 3 fully saturated rings. The normalized spacial score (nSPS) is 25.7. The molecule has 25 heavy (non-hydrogen) atoms. The second-order valence-electron chi connectivity index (χ2n) is 7.66. The van der Waals surface area contributed by atoms with Gasteiger partial charge in [-0.05, 0) is 51.6 Å². The minimum absolute atomic E-state index is 0.187. The summed E-state index contributed by atoms with van der Waals surface area (Å²) in [7, 11) is 0. The van der Waals surface area contributed by atoms with Gasteiger partial charge in [-0.1, -0.05) is 0 Å². The summed E-state index contributed by atoms with van der Waals surface area (Å²) in [6.07, 6.45) is 12.1. The maximum absolute atomic E-state index is 13.1. The lowest BCUT2D eigenvalue weighted by Gasteiger charge is -2.36. The summed E-state index contributed by atoms with van der Waals surface area (Å²) in [5.74, 6) is 1.52. The van der Waals surface area contributed by atoms with Gasteiger partial charge in [0, 0.05) is 50.5 Å². The Hall–Kier alpha value is -1.69. The van der Waals surface area contributed by atoms with Gasteiger partial charge in [-0.2, -0.15) is 0 Å². The number of carbonyl (C=O) groups excluding carboxylic acids is 1.